The minimum Gasteiger partial charge on any atom is -0.125 e. The Kier molecular flexibility index (Phi) is 4.24. The summed E-state index contributed by atoms with van der Waals surface area (Å²) in [5.41, 5.74) is 3.11. The van der Waals surface area contributed by atoms with Crippen LogP contribution in [0.3, 0.4) is 0 Å². The maximum Gasteiger partial charge on any atom is -0.0203 e. The van der Waals surface area contributed by atoms with Crippen molar-refractivity contribution in [2.75, 3.05) is 0 Å². The fraction of sp³-hybridized carbons (Fsp3) is 0.364. The number of allylic oxidation sites excluding steroid dienone is 5. The Morgan fingerprint density at radius 2 is 1.82 bits per heavy atom. The lowest BCUT2D eigenvalue weighted by atomic mass is 10.2. The summed E-state index contributed by atoms with van der Waals surface area (Å²) in [6, 6.07) is 0. The molecule has 0 amide bonds. The van der Waals surface area contributed by atoms with Crippen LogP contribution < -0.4 is 0 Å². The second-order valence-electron chi connectivity index (χ2n) is 2.63. The molecule has 0 aromatic rings. The molecule has 58 valence electrons. The van der Waals surface area contributed by atoms with Crippen molar-refractivity contribution in [2.45, 2.75) is 25.7 Å². The third-order valence-corrected chi connectivity index (χ3v) is 1.64. The van der Waals surface area contributed by atoms with E-state index in [9.17, 15) is 0 Å². The standard InChI is InChI=1S/C11H14/c1-2-4-6-8-10-11-9-7-5-3-1/h1-5,9H,6,8,10-11H2/b3-1+,4-2+. The first kappa shape index (κ1) is 8.10. The molecule has 0 aliphatic heterocycles. The van der Waals surface area contributed by atoms with Gasteiger partial charge in [0.2, 0.25) is 0 Å². The highest BCUT2D eigenvalue weighted by Gasteiger charge is 1.82. The molecule has 0 atom stereocenters. The van der Waals surface area contributed by atoms with Gasteiger partial charge in [-0.15, -0.1) is 5.73 Å². The molecule has 1 rings (SSSR count). The van der Waals surface area contributed by atoms with Gasteiger partial charge in [0.1, 0.15) is 0 Å². The molecule has 0 heterocycles. The van der Waals surface area contributed by atoms with Gasteiger partial charge >= 0.3 is 0 Å². The Hall–Kier alpha value is -1.00. The maximum atomic E-state index is 3.11. The van der Waals surface area contributed by atoms with Gasteiger partial charge < -0.3 is 0 Å². The van der Waals surface area contributed by atoms with E-state index in [0.717, 1.165) is 6.42 Å². The highest BCUT2D eigenvalue weighted by atomic mass is 13.9. The molecule has 0 fully saturated rings. The summed E-state index contributed by atoms with van der Waals surface area (Å²) in [7, 11) is 0. The molecule has 0 N–H and O–H groups in total. The summed E-state index contributed by atoms with van der Waals surface area (Å²) in [6.45, 7) is 0. The van der Waals surface area contributed by atoms with Gasteiger partial charge in [0.25, 0.3) is 0 Å². The lowest BCUT2D eigenvalue weighted by Gasteiger charge is -1.89. The monoisotopic (exact) mass is 146 g/mol. The summed E-state index contributed by atoms with van der Waals surface area (Å²) in [5.74, 6) is 0. The van der Waals surface area contributed by atoms with Crippen molar-refractivity contribution in [1.82, 2.24) is 0 Å². The van der Waals surface area contributed by atoms with Crippen LogP contribution in [0.25, 0.3) is 0 Å². The Bertz CT molecular complexity index is 200. The van der Waals surface area contributed by atoms with Gasteiger partial charge in [-0.05, 0) is 37.8 Å². The Morgan fingerprint density at radius 3 is 2.82 bits per heavy atom. The minimum absolute atomic E-state index is 1.16. The molecule has 0 saturated carbocycles. The van der Waals surface area contributed by atoms with E-state index >= 15 is 0 Å². The molecule has 0 heteroatoms. The molecule has 0 aromatic heterocycles. The number of hydrogen-bond donors (Lipinski definition) is 0. The first-order valence-corrected chi connectivity index (χ1v) is 4.23. The lowest BCUT2D eigenvalue weighted by Crippen LogP contribution is -1.70. The predicted molar refractivity (Wildman–Crippen MR) is 49.4 cm³/mol. The van der Waals surface area contributed by atoms with Crippen LogP contribution >= 0.6 is 0 Å². The zero-order valence-electron chi connectivity index (χ0n) is 6.79. The molecule has 0 bridgehead atoms. The van der Waals surface area contributed by atoms with E-state index in [0.29, 0.717) is 0 Å². The number of rotatable bonds is 0. The summed E-state index contributed by atoms with van der Waals surface area (Å²) in [5, 5.41) is 0. The highest BCUT2D eigenvalue weighted by molar-refractivity contribution is 5.11. The van der Waals surface area contributed by atoms with E-state index in [2.05, 4.69) is 24.0 Å². The van der Waals surface area contributed by atoms with Crippen molar-refractivity contribution in [3.63, 3.8) is 0 Å². The van der Waals surface area contributed by atoms with Crippen molar-refractivity contribution >= 4 is 0 Å². The van der Waals surface area contributed by atoms with E-state index in [1.165, 1.54) is 19.3 Å². The van der Waals surface area contributed by atoms with E-state index in [4.69, 9.17) is 0 Å². The summed E-state index contributed by atoms with van der Waals surface area (Å²) in [4.78, 5) is 0. The van der Waals surface area contributed by atoms with Crippen molar-refractivity contribution in [3.8, 4) is 0 Å². The van der Waals surface area contributed by atoms with E-state index in [1.807, 2.05) is 18.2 Å². The maximum absolute atomic E-state index is 3.11. The molecule has 1 aliphatic carbocycles. The van der Waals surface area contributed by atoms with Gasteiger partial charge in [0, 0.05) is 0 Å². The predicted octanol–water partition coefficient (Wildman–Crippen LogP) is 3.38. The Morgan fingerprint density at radius 1 is 0.909 bits per heavy atom. The van der Waals surface area contributed by atoms with Crippen LogP contribution in [0.4, 0.5) is 0 Å². The summed E-state index contributed by atoms with van der Waals surface area (Å²) >= 11 is 0. The largest absolute Gasteiger partial charge is 0.125 e. The number of hydrogen-bond acceptors (Lipinski definition) is 0. The molecule has 0 aromatic carbocycles. The molecular weight excluding hydrogens is 132 g/mol. The molecular formula is C11H14. The van der Waals surface area contributed by atoms with Gasteiger partial charge in [0.15, 0.2) is 0 Å². The summed E-state index contributed by atoms with van der Waals surface area (Å²) in [6.07, 6.45) is 17.4. The van der Waals surface area contributed by atoms with Gasteiger partial charge in [-0.2, -0.15) is 0 Å². The Balaban J connectivity index is 2.49. The second-order valence-corrected chi connectivity index (χ2v) is 2.63. The van der Waals surface area contributed by atoms with E-state index < -0.39 is 0 Å². The van der Waals surface area contributed by atoms with Crippen molar-refractivity contribution in [3.05, 3.63) is 42.2 Å². The molecule has 0 nitrogen and oxygen atoms in total. The average molecular weight is 146 g/mol. The van der Waals surface area contributed by atoms with Crippen LogP contribution in [-0.4, -0.2) is 0 Å². The molecule has 0 saturated heterocycles. The average Bonchev–Trinajstić information content (AvgIpc) is 2.08. The SMILES string of the molecule is C1=C/C=C/C=C/CCCCC=1. The third-order valence-electron chi connectivity index (χ3n) is 1.64. The zero-order chi connectivity index (χ0) is 7.78. The van der Waals surface area contributed by atoms with Crippen molar-refractivity contribution < 1.29 is 0 Å². The summed E-state index contributed by atoms with van der Waals surface area (Å²) < 4.78 is 0. The highest BCUT2D eigenvalue weighted by Crippen LogP contribution is 2.01. The smallest absolute Gasteiger partial charge is 0.0203 e. The topological polar surface area (TPSA) is 0 Å². The molecule has 0 spiro atoms. The van der Waals surface area contributed by atoms with Gasteiger partial charge in [-0.1, -0.05) is 24.3 Å². The van der Waals surface area contributed by atoms with E-state index in [-0.39, 0.29) is 0 Å². The lowest BCUT2D eigenvalue weighted by molar-refractivity contribution is 0.763. The van der Waals surface area contributed by atoms with E-state index in [1.54, 1.807) is 0 Å². The molecule has 1 aliphatic rings. The molecule has 0 unspecified atom stereocenters. The molecule has 0 radical (unpaired) electrons. The van der Waals surface area contributed by atoms with Crippen LogP contribution in [0.5, 0.6) is 0 Å². The first-order valence-electron chi connectivity index (χ1n) is 4.23. The van der Waals surface area contributed by atoms with Crippen molar-refractivity contribution in [1.29, 1.82) is 0 Å². The van der Waals surface area contributed by atoms with Crippen molar-refractivity contribution in [2.24, 2.45) is 0 Å². The van der Waals surface area contributed by atoms with Crippen LogP contribution in [0.2, 0.25) is 0 Å². The first-order chi connectivity index (χ1) is 5.50. The van der Waals surface area contributed by atoms with Crippen LogP contribution in [-0.2, 0) is 0 Å². The van der Waals surface area contributed by atoms with Gasteiger partial charge in [0.05, 0.1) is 0 Å². The van der Waals surface area contributed by atoms with Crippen LogP contribution in [0.1, 0.15) is 25.7 Å². The van der Waals surface area contributed by atoms with Crippen LogP contribution in [0, 0.1) is 0 Å². The third kappa shape index (κ3) is 4.41. The fourth-order valence-corrected chi connectivity index (χ4v) is 1.01. The van der Waals surface area contributed by atoms with Crippen LogP contribution in [0.15, 0.2) is 42.2 Å². The Labute approximate surface area is 68.6 Å². The quantitative estimate of drug-likeness (QED) is 0.459. The fourth-order valence-electron chi connectivity index (χ4n) is 1.01. The zero-order valence-corrected chi connectivity index (χ0v) is 6.79. The van der Waals surface area contributed by atoms with Gasteiger partial charge in [-0.25, -0.2) is 0 Å². The molecule has 11 heavy (non-hydrogen) atoms. The minimum atomic E-state index is 1.16. The normalized spacial score (nSPS) is 24.0. The second kappa shape index (κ2) is 5.76. The van der Waals surface area contributed by atoms with Gasteiger partial charge in [-0.3, -0.25) is 0 Å².